The molecule has 0 saturated heterocycles. The van der Waals surface area contributed by atoms with Crippen molar-refractivity contribution in [2.24, 2.45) is 0 Å². The van der Waals surface area contributed by atoms with Crippen LogP contribution >= 0.6 is 27.5 Å². The predicted octanol–water partition coefficient (Wildman–Crippen LogP) is 6.03. The lowest BCUT2D eigenvalue weighted by Crippen LogP contribution is -2.13. The number of amides is 1. The fraction of sp³-hybridized carbons (Fsp3) is 0.167. The zero-order chi connectivity index (χ0) is 16.7. The van der Waals surface area contributed by atoms with Crippen molar-refractivity contribution in [1.29, 1.82) is 0 Å². The number of hydrogen-bond donors (Lipinski definition) is 1. The normalized spacial score (nSPS) is 11.0. The molecule has 1 N–H and O–H groups in total. The smallest absolute Gasteiger partial charge is 0.291 e. The van der Waals surface area contributed by atoms with Crippen LogP contribution < -0.4 is 5.32 Å². The third-order valence-corrected chi connectivity index (χ3v) is 4.57. The van der Waals surface area contributed by atoms with Crippen LogP contribution in [0.5, 0.6) is 0 Å². The molecule has 0 radical (unpaired) electrons. The Bertz CT molecular complexity index is 907. The van der Waals surface area contributed by atoms with Gasteiger partial charge in [0.1, 0.15) is 5.58 Å². The van der Waals surface area contributed by atoms with Crippen LogP contribution in [0, 0.1) is 20.8 Å². The van der Waals surface area contributed by atoms with Crippen molar-refractivity contribution in [3.05, 3.63) is 62.3 Å². The maximum absolute atomic E-state index is 12.6. The number of carbonyl (C=O) groups is 1. The topological polar surface area (TPSA) is 42.2 Å². The lowest BCUT2D eigenvalue weighted by molar-refractivity contribution is 0.0998. The number of aryl methyl sites for hydroxylation is 3. The Morgan fingerprint density at radius 3 is 2.61 bits per heavy atom. The van der Waals surface area contributed by atoms with Gasteiger partial charge in [-0.25, -0.2) is 0 Å². The van der Waals surface area contributed by atoms with Gasteiger partial charge >= 0.3 is 0 Å². The number of halogens is 2. The molecule has 1 heterocycles. The minimum absolute atomic E-state index is 0.300. The number of hydrogen-bond acceptors (Lipinski definition) is 2. The first-order valence-corrected chi connectivity index (χ1v) is 8.30. The molecule has 2 aromatic carbocycles. The minimum Gasteiger partial charge on any atom is -0.451 e. The molecule has 0 bridgehead atoms. The Morgan fingerprint density at radius 1 is 1.17 bits per heavy atom. The second-order valence-corrected chi connectivity index (χ2v) is 6.91. The van der Waals surface area contributed by atoms with E-state index < -0.39 is 0 Å². The molecule has 3 aromatic rings. The summed E-state index contributed by atoms with van der Waals surface area (Å²) in [6.45, 7) is 5.75. The van der Waals surface area contributed by atoms with Crippen LogP contribution in [-0.4, -0.2) is 5.91 Å². The lowest BCUT2D eigenvalue weighted by atomic mass is 10.1. The fourth-order valence-electron chi connectivity index (χ4n) is 2.65. The van der Waals surface area contributed by atoms with Crippen molar-refractivity contribution in [1.82, 2.24) is 0 Å². The third-order valence-electron chi connectivity index (χ3n) is 3.77. The van der Waals surface area contributed by atoms with E-state index in [2.05, 4.69) is 21.2 Å². The molecule has 0 unspecified atom stereocenters. The number of nitrogens with one attached hydrogen (secondary N) is 1. The highest BCUT2D eigenvalue weighted by Crippen LogP contribution is 2.31. The molecule has 23 heavy (non-hydrogen) atoms. The summed E-state index contributed by atoms with van der Waals surface area (Å²) >= 11 is 9.69. The van der Waals surface area contributed by atoms with E-state index in [-0.39, 0.29) is 5.91 Å². The highest BCUT2D eigenvalue weighted by Gasteiger charge is 2.19. The van der Waals surface area contributed by atoms with Crippen LogP contribution in [0.25, 0.3) is 11.0 Å². The molecule has 3 rings (SSSR count). The second-order valence-electron chi connectivity index (χ2n) is 5.59. The quantitative estimate of drug-likeness (QED) is 0.579. The van der Waals surface area contributed by atoms with E-state index in [1.165, 1.54) is 0 Å². The Morgan fingerprint density at radius 2 is 1.91 bits per heavy atom. The maximum atomic E-state index is 12.6. The van der Waals surface area contributed by atoms with Crippen molar-refractivity contribution in [3.63, 3.8) is 0 Å². The summed E-state index contributed by atoms with van der Waals surface area (Å²) in [5.41, 5.74) is 4.07. The van der Waals surface area contributed by atoms with Crippen LogP contribution in [0.2, 0.25) is 5.02 Å². The molecule has 0 atom stereocenters. The van der Waals surface area contributed by atoms with Crippen LogP contribution in [0.3, 0.4) is 0 Å². The summed E-state index contributed by atoms with van der Waals surface area (Å²) in [7, 11) is 0. The highest BCUT2D eigenvalue weighted by molar-refractivity contribution is 9.10. The molecule has 0 aliphatic rings. The molecule has 1 amide bonds. The van der Waals surface area contributed by atoms with Gasteiger partial charge in [0.2, 0.25) is 0 Å². The molecule has 5 heteroatoms. The maximum Gasteiger partial charge on any atom is 0.291 e. The SMILES string of the molecule is Cc1cc(C)c(NC(=O)c2oc3ccc(Br)cc3c2C)c(Cl)c1. The number of benzene rings is 2. The first-order valence-electron chi connectivity index (χ1n) is 7.13. The van der Waals surface area contributed by atoms with Gasteiger partial charge in [-0.3, -0.25) is 4.79 Å². The second kappa shape index (κ2) is 6.02. The minimum atomic E-state index is -0.302. The van der Waals surface area contributed by atoms with E-state index in [1.54, 1.807) is 0 Å². The van der Waals surface area contributed by atoms with Gasteiger partial charge in [0, 0.05) is 15.4 Å². The summed E-state index contributed by atoms with van der Waals surface area (Å²) in [6.07, 6.45) is 0. The molecule has 0 fully saturated rings. The molecular formula is C18H15BrClNO2. The first-order chi connectivity index (χ1) is 10.9. The lowest BCUT2D eigenvalue weighted by Gasteiger charge is -2.10. The monoisotopic (exact) mass is 391 g/mol. The summed E-state index contributed by atoms with van der Waals surface area (Å²) < 4.78 is 6.66. The number of rotatable bonds is 2. The third kappa shape index (κ3) is 3.01. The molecule has 118 valence electrons. The van der Waals surface area contributed by atoms with Crippen LogP contribution in [-0.2, 0) is 0 Å². The van der Waals surface area contributed by atoms with Gasteiger partial charge in [-0.1, -0.05) is 33.6 Å². The van der Waals surface area contributed by atoms with Gasteiger partial charge in [0.25, 0.3) is 5.91 Å². The van der Waals surface area contributed by atoms with E-state index in [0.29, 0.717) is 22.1 Å². The van der Waals surface area contributed by atoms with Crippen molar-refractivity contribution in [3.8, 4) is 0 Å². The Labute approximate surface area is 147 Å². The van der Waals surface area contributed by atoms with Crippen LogP contribution in [0.1, 0.15) is 27.2 Å². The number of carbonyl (C=O) groups excluding carboxylic acids is 1. The standard InChI is InChI=1S/C18H15BrClNO2/c1-9-6-10(2)16(14(20)7-9)21-18(22)17-11(3)13-8-12(19)4-5-15(13)23-17/h4-8H,1-3H3,(H,21,22). The van der Waals surface area contributed by atoms with Gasteiger partial charge in [0.05, 0.1) is 10.7 Å². The number of fused-ring (bicyclic) bond motifs is 1. The van der Waals surface area contributed by atoms with Crippen molar-refractivity contribution in [2.45, 2.75) is 20.8 Å². The first kappa shape index (κ1) is 16.1. The van der Waals surface area contributed by atoms with E-state index in [9.17, 15) is 4.79 Å². The molecule has 0 aliphatic heterocycles. The Balaban J connectivity index is 2.00. The average molecular weight is 393 g/mol. The largest absolute Gasteiger partial charge is 0.451 e. The fourth-order valence-corrected chi connectivity index (χ4v) is 3.38. The summed E-state index contributed by atoms with van der Waals surface area (Å²) in [5, 5.41) is 4.30. The summed E-state index contributed by atoms with van der Waals surface area (Å²) in [4.78, 5) is 12.6. The van der Waals surface area contributed by atoms with E-state index >= 15 is 0 Å². The van der Waals surface area contributed by atoms with Crippen molar-refractivity contribution in [2.75, 3.05) is 5.32 Å². The van der Waals surface area contributed by atoms with Gasteiger partial charge in [-0.2, -0.15) is 0 Å². The van der Waals surface area contributed by atoms with Gasteiger partial charge in [0.15, 0.2) is 5.76 Å². The van der Waals surface area contributed by atoms with Gasteiger partial charge in [-0.05, 0) is 56.2 Å². The molecule has 3 nitrogen and oxygen atoms in total. The van der Waals surface area contributed by atoms with Gasteiger partial charge in [-0.15, -0.1) is 0 Å². The van der Waals surface area contributed by atoms with E-state index in [4.69, 9.17) is 16.0 Å². The zero-order valence-corrected chi connectivity index (χ0v) is 15.3. The highest BCUT2D eigenvalue weighted by atomic mass is 79.9. The zero-order valence-electron chi connectivity index (χ0n) is 13.0. The molecular weight excluding hydrogens is 378 g/mol. The summed E-state index contributed by atoms with van der Waals surface area (Å²) in [6, 6.07) is 9.47. The van der Waals surface area contributed by atoms with Crippen LogP contribution in [0.4, 0.5) is 5.69 Å². The Hall–Kier alpha value is -1.78. The number of furan rings is 1. The molecule has 0 aliphatic carbocycles. The van der Waals surface area contributed by atoms with Crippen molar-refractivity contribution < 1.29 is 9.21 Å². The average Bonchev–Trinajstić information content (AvgIpc) is 2.80. The van der Waals surface area contributed by atoms with E-state index in [1.807, 2.05) is 51.1 Å². The van der Waals surface area contributed by atoms with E-state index in [0.717, 1.165) is 26.5 Å². The molecule has 0 saturated carbocycles. The van der Waals surface area contributed by atoms with Crippen LogP contribution in [0.15, 0.2) is 39.2 Å². The summed E-state index contributed by atoms with van der Waals surface area (Å²) in [5.74, 6) is -0.00202. The van der Waals surface area contributed by atoms with Gasteiger partial charge < -0.3 is 9.73 Å². The van der Waals surface area contributed by atoms with Crippen molar-refractivity contribution >= 4 is 50.1 Å². The Kier molecular flexibility index (Phi) is 4.21. The molecule has 1 aromatic heterocycles. The predicted molar refractivity (Wildman–Crippen MR) is 97.5 cm³/mol. The number of anilines is 1. The molecule has 0 spiro atoms.